The number of hydrogen-bond donors (Lipinski definition) is 0. The first-order valence-corrected chi connectivity index (χ1v) is 6.96. The van der Waals surface area contributed by atoms with E-state index in [9.17, 15) is 4.79 Å². The van der Waals surface area contributed by atoms with Crippen molar-refractivity contribution in [2.75, 3.05) is 0 Å². The number of ketones is 1. The summed E-state index contributed by atoms with van der Waals surface area (Å²) in [6, 6.07) is 0. The zero-order valence-corrected chi connectivity index (χ0v) is 10.8. The number of carbonyl (C=O) groups is 1. The molecule has 0 bridgehead atoms. The van der Waals surface area contributed by atoms with Gasteiger partial charge in [0.2, 0.25) is 0 Å². The molecule has 1 nitrogen and oxygen atoms in total. The molecule has 1 heteroatoms. The number of rotatable bonds is 0. The van der Waals surface area contributed by atoms with Gasteiger partial charge >= 0.3 is 0 Å². The summed E-state index contributed by atoms with van der Waals surface area (Å²) in [6.45, 7) is 2.10. The fraction of sp³-hybridized carbons (Fsp3) is 0.800. The van der Waals surface area contributed by atoms with Gasteiger partial charge in [0, 0.05) is 12.8 Å². The Morgan fingerprint density at radius 1 is 0.875 bits per heavy atom. The van der Waals surface area contributed by atoms with Gasteiger partial charge in [-0.25, -0.2) is 0 Å². The van der Waals surface area contributed by atoms with Crippen LogP contribution in [0.3, 0.4) is 0 Å². The highest BCUT2D eigenvalue weighted by Gasteiger charge is 2.03. The zero-order chi connectivity index (χ0) is 11.6. The first-order chi connectivity index (χ1) is 7.79. The maximum atomic E-state index is 11.6. The quantitative estimate of drug-likeness (QED) is 0.538. The van der Waals surface area contributed by atoms with Gasteiger partial charge in [0.05, 0.1) is 0 Å². The normalized spacial score (nSPS) is 22.3. The summed E-state index contributed by atoms with van der Waals surface area (Å²) in [7, 11) is 0. The van der Waals surface area contributed by atoms with Crippen molar-refractivity contribution >= 4 is 5.78 Å². The Balaban J connectivity index is 2.34. The monoisotopic (exact) mass is 222 g/mol. The Labute approximate surface area is 100 Å². The fourth-order valence-corrected chi connectivity index (χ4v) is 2.35. The molecule has 0 atom stereocenters. The van der Waals surface area contributed by atoms with E-state index in [1.54, 1.807) is 0 Å². The molecule has 0 heterocycles. The van der Waals surface area contributed by atoms with Crippen molar-refractivity contribution in [1.29, 1.82) is 0 Å². The van der Waals surface area contributed by atoms with E-state index in [4.69, 9.17) is 0 Å². The van der Waals surface area contributed by atoms with Gasteiger partial charge in [0.1, 0.15) is 5.78 Å². The summed E-state index contributed by atoms with van der Waals surface area (Å²) in [4.78, 5) is 11.6. The van der Waals surface area contributed by atoms with Gasteiger partial charge in [-0.2, -0.15) is 0 Å². The maximum absolute atomic E-state index is 11.6. The molecule has 0 unspecified atom stereocenters. The van der Waals surface area contributed by atoms with Gasteiger partial charge in [-0.1, -0.05) is 50.2 Å². The molecule has 92 valence electrons. The van der Waals surface area contributed by atoms with Gasteiger partial charge in [-0.15, -0.1) is 0 Å². The van der Waals surface area contributed by atoms with Gasteiger partial charge in [0.25, 0.3) is 0 Å². The molecule has 1 rings (SSSR count). The van der Waals surface area contributed by atoms with Crippen LogP contribution in [0.5, 0.6) is 0 Å². The molecule has 0 aromatic carbocycles. The lowest BCUT2D eigenvalue weighted by molar-refractivity contribution is -0.118. The molecule has 0 N–H and O–H groups in total. The third-order valence-electron chi connectivity index (χ3n) is 3.38. The summed E-state index contributed by atoms with van der Waals surface area (Å²) in [5, 5.41) is 0. The van der Waals surface area contributed by atoms with E-state index in [1.165, 1.54) is 56.9 Å². The van der Waals surface area contributed by atoms with Crippen molar-refractivity contribution in [2.24, 2.45) is 0 Å². The van der Waals surface area contributed by atoms with Crippen molar-refractivity contribution in [3.05, 3.63) is 11.6 Å². The Kier molecular flexibility index (Phi) is 7.20. The largest absolute Gasteiger partial charge is 0.299 e. The van der Waals surface area contributed by atoms with Gasteiger partial charge < -0.3 is 0 Å². The number of Topliss-reactive ketones (excluding diaryl/α,β-unsaturated/α-hetero) is 1. The second kappa shape index (κ2) is 8.55. The lowest BCUT2D eigenvalue weighted by atomic mass is 10.0. The van der Waals surface area contributed by atoms with E-state index >= 15 is 0 Å². The number of allylic oxidation sites excluding steroid dienone is 2. The minimum absolute atomic E-state index is 0.436. The zero-order valence-electron chi connectivity index (χ0n) is 10.8. The van der Waals surface area contributed by atoms with Crippen LogP contribution < -0.4 is 0 Å². The molecule has 0 fully saturated rings. The summed E-state index contributed by atoms with van der Waals surface area (Å²) in [6.07, 6.45) is 15.4. The summed E-state index contributed by atoms with van der Waals surface area (Å²) in [5.41, 5.74) is 1.28. The second-order valence-electron chi connectivity index (χ2n) is 5.13. The lowest BCUT2D eigenvalue weighted by Gasteiger charge is -2.05. The molecule has 1 aliphatic carbocycles. The third kappa shape index (κ3) is 6.81. The molecule has 0 aromatic heterocycles. The minimum Gasteiger partial charge on any atom is -0.299 e. The van der Waals surface area contributed by atoms with Crippen LogP contribution in [0.4, 0.5) is 0 Å². The SMILES string of the molecule is CC1=CCCCCCCCCCCC(=O)C1. The van der Waals surface area contributed by atoms with E-state index < -0.39 is 0 Å². The van der Waals surface area contributed by atoms with Crippen LogP contribution in [-0.4, -0.2) is 5.78 Å². The number of hydrogen-bond acceptors (Lipinski definition) is 1. The van der Waals surface area contributed by atoms with Crippen LogP contribution in [0.1, 0.15) is 77.6 Å². The Hall–Kier alpha value is -0.590. The molecule has 16 heavy (non-hydrogen) atoms. The second-order valence-corrected chi connectivity index (χ2v) is 5.13. The Bertz CT molecular complexity index is 228. The Morgan fingerprint density at radius 3 is 2.12 bits per heavy atom. The summed E-state index contributed by atoms with van der Waals surface area (Å²) >= 11 is 0. The fourth-order valence-electron chi connectivity index (χ4n) is 2.35. The Morgan fingerprint density at radius 2 is 1.44 bits per heavy atom. The highest BCUT2D eigenvalue weighted by atomic mass is 16.1. The molecule has 0 radical (unpaired) electrons. The van der Waals surface area contributed by atoms with Gasteiger partial charge in [-0.3, -0.25) is 4.79 Å². The first-order valence-electron chi connectivity index (χ1n) is 6.96. The topological polar surface area (TPSA) is 17.1 Å². The standard InChI is InChI=1S/C15H26O/c1-14-11-9-7-5-3-2-4-6-8-10-12-15(16)13-14/h11H,2-10,12-13H2,1H3. The van der Waals surface area contributed by atoms with Crippen molar-refractivity contribution in [3.63, 3.8) is 0 Å². The lowest BCUT2D eigenvalue weighted by Crippen LogP contribution is -1.98. The summed E-state index contributed by atoms with van der Waals surface area (Å²) < 4.78 is 0. The van der Waals surface area contributed by atoms with Crippen molar-refractivity contribution in [2.45, 2.75) is 77.6 Å². The maximum Gasteiger partial charge on any atom is 0.136 e. The average molecular weight is 222 g/mol. The average Bonchev–Trinajstić information content (AvgIpc) is 2.25. The summed E-state index contributed by atoms with van der Waals surface area (Å²) in [5.74, 6) is 0.436. The predicted molar refractivity (Wildman–Crippen MR) is 69.6 cm³/mol. The molecular weight excluding hydrogens is 196 g/mol. The van der Waals surface area contributed by atoms with Gasteiger partial charge in [0.15, 0.2) is 0 Å². The van der Waals surface area contributed by atoms with Crippen molar-refractivity contribution in [3.8, 4) is 0 Å². The predicted octanol–water partition coefficient (Wildman–Crippen LogP) is 4.81. The van der Waals surface area contributed by atoms with Crippen LogP contribution in [0.15, 0.2) is 11.6 Å². The minimum atomic E-state index is 0.436. The third-order valence-corrected chi connectivity index (χ3v) is 3.38. The van der Waals surface area contributed by atoms with Crippen LogP contribution >= 0.6 is 0 Å². The number of carbonyl (C=O) groups excluding carboxylic acids is 1. The highest BCUT2D eigenvalue weighted by Crippen LogP contribution is 2.14. The van der Waals surface area contributed by atoms with Crippen LogP contribution in [0, 0.1) is 0 Å². The van der Waals surface area contributed by atoms with E-state index in [1.807, 2.05) is 0 Å². The van der Waals surface area contributed by atoms with Crippen LogP contribution in [-0.2, 0) is 4.79 Å². The molecular formula is C15H26O. The molecule has 0 saturated heterocycles. The smallest absolute Gasteiger partial charge is 0.136 e. The van der Waals surface area contributed by atoms with Crippen molar-refractivity contribution in [1.82, 2.24) is 0 Å². The molecule has 0 amide bonds. The van der Waals surface area contributed by atoms with Gasteiger partial charge in [-0.05, 0) is 26.2 Å². The molecule has 0 saturated carbocycles. The van der Waals surface area contributed by atoms with E-state index in [0.29, 0.717) is 12.2 Å². The van der Waals surface area contributed by atoms with E-state index in [-0.39, 0.29) is 0 Å². The molecule has 1 aliphatic rings. The molecule has 0 spiro atoms. The van der Waals surface area contributed by atoms with Crippen LogP contribution in [0.2, 0.25) is 0 Å². The molecule has 0 aromatic rings. The highest BCUT2D eigenvalue weighted by molar-refractivity contribution is 5.80. The van der Waals surface area contributed by atoms with Crippen molar-refractivity contribution < 1.29 is 4.79 Å². The molecule has 0 aliphatic heterocycles. The van der Waals surface area contributed by atoms with Crippen LogP contribution in [0.25, 0.3) is 0 Å². The first kappa shape index (κ1) is 13.5. The van der Waals surface area contributed by atoms with E-state index in [0.717, 1.165) is 12.8 Å². The van der Waals surface area contributed by atoms with E-state index in [2.05, 4.69) is 13.0 Å².